The van der Waals surface area contributed by atoms with E-state index < -0.39 is 0 Å². The van der Waals surface area contributed by atoms with Crippen LogP contribution in [0.3, 0.4) is 0 Å². The molecular formula is C17H24N2O5. The first-order valence-electron chi connectivity index (χ1n) is 7.93. The molecule has 0 unspecified atom stereocenters. The Balaban J connectivity index is 1.81. The molecule has 1 aliphatic heterocycles. The van der Waals surface area contributed by atoms with Gasteiger partial charge < -0.3 is 24.0 Å². The van der Waals surface area contributed by atoms with Gasteiger partial charge in [0.15, 0.2) is 0 Å². The van der Waals surface area contributed by atoms with Gasteiger partial charge in [0.05, 0.1) is 20.3 Å². The minimum atomic E-state index is -0.0559. The van der Waals surface area contributed by atoms with Crippen molar-refractivity contribution in [3.63, 3.8) is 0 Å². The van der Waals surface area contributed by atoms with Crippen LogP contribution >= 0.6 is 0 Å². The fourth-order valence-electron chi connectivity index (χ4n) is 2.49. The Morgan fingerprint density at radius 1 is 1.04 bits per heavy atom. The predicted molar refractivity (Wildman–Crippen MR) is 88.2 cm³/mol. The highest BCUT2D eigenvalue weighted by Gasteiger charge is 2.24. The number of methoxy groups -OCH3 is 2. The van der Waals surface area contributed by atoms with Crippen LogP contribution < -0.4 is 4.74 Å². The molecule has 2 rings (SSSR count). The second kappa shape index (κ2) is 9.24. The molecule has 1 aromatic carbocycles. The Bertz CT molecular complexity index is 556. The SMILES string of the molecule is COCCOCC(=O)N1CCN(C(=O)c2cccc(OC)c2)CC1. The number of carbonyl (C=O) groups excluding carboxylic acids is 2. The molecule has 0 N–H and O–H groups in total. The molecule has 0 aliphatic carbocycles. The third-order valence-electron chi connectivity index (χ3n) is 3.89. The van der Waals surface area contributed by atoms with Crippen molar-refractivity contribution in [1.29, 1.82) is 0 Å². The molecular weight excluding hydrogens is 312 g/mol. The summed E-state index contributed by atoms with van der Waals surface area (Å²) in [6.45, 7) is 2.98. The summed E-state index contributed by atoms with van der Waals surface area (Å²) in [4.78, 5) is 28.0. The maximum absolute atomic E-state index is 12.5. The van der Waals surface area contributed by atoms with Crippen LogP contribution in [-0.2, 0) is 14.3 Å². The zero-order valence-electron chi connectivity index (χ0n) is 14.2. The smallest absolute Gasteiger partial charge is 0.254 e. The van der Waals surface area contributed by atoms with Gasteiger partial charge in [-0.25, -0.2) is 0 Å². The monoisotopic (exact) mass is 336 g/mol. The zero-order valence-corrected chi connectivity index (χ0v) is 14.2. The van der Waals surface area contributed by atoms with E-state index >= 15 is 0 Å². The van der Waals surface area contributed by atoms with Crippen molar-refractivity contribution < 1.29 is 23.8 Å². The van der Waals surface area contributed by atoms with Gasteiger partial charge in [0.2, 0.25) is 5.91 Å². The molecule has 0 atom stereocenters. The summed E-state index contributed by atoms with van der Waals surface area (Å²) < 4.78 is 15.3. The molecule has 2 amide bonds. The molecule has 0 saturated carbocycles. The molecule has 132 valence electrons. The molecule has 24 heavy (non-hydrogen) atoms. The average molecular weight is 336 g/mol. The molecule has 0 bridgehead atoms. The molecule has 1 aromatic rings. The highest BCUT2D eigenvalue weighted by Crippen LogP contribution is 2.15. The summed E-state index contributed by atoms with van der Waals surface area (Å²) in [6, 6.07) is 7.09. The van der Waals surface area contributed by atoms with E-state index in [9.17, 15) is 9.59 Å². The Kier molecular flexibility index (Phi) is 7.02. The first-order valence-corrected chi connectivity index (χ1v) is 7.93. The van der Waals surface area contributed by atoms with Crippen LogP contribution in [0, 0.1) is 0 Å². The third kappa shape index (κ3) is 4.94. The maximum Gasteiger partial charge on any atom is 0.254 e. The second-order valence-electron chi connectivity index (χ2n) is 5.45. The number of nitrogens with zero attached hydrogens (tertiary/aromatic N) is 2. The van der Waals surface area contributed by atoms with Gasteiger partial charge in [0.25, 0.3) is 5.91 Å². The molecule has 7 heteroatoms. The first-order chi connectivity index (χ1) is 11.7. The van der Waals surface area contributed by atoms with E-state index in [1.165, 1.54) is 0 Å². The predicted octanol–water partition coefficient (Wildman–Crippen LogP) is 0.643. The number of benzene rings is 1. The standard InChI is InChI=1S/C17H24N2O5/c1-22-10-11-24-13-16(20)18-6-8-19(9-7-18)17(21)14-4-3-5-15(12-14)23-2/h3-5,12H,6-11,13H2,1-2H3. The summed E-state index contributed by atoms with van der Waals surface area (Å²) in [5, 5.41) is 0. The van der Waals surface area contributed by atoms with Crippen LogP contribution in [0.2, 0.25) is 0 Å². The number of piperazine rings is 1. The van der Waals surface area contributed by atoms with E-state index in [0.717, 1.165) is 0 Å². The van der Waals surface area contributed by atoms with Gasteiger partial charge in [0.1, 0.15) is 12.4 Å². The fraction of sp³-hybridized carbons (Fsp3) is 0.529. The molecule has 0 aromatic heterocycles. The van der Waals surface area contributed by atoms with Crippen molar-refractivity contribution >= 4 is 11.8 Å². The Morgan fingerprint density at radius 2 is 1.75 bits per heavy atom. The zero-order chi connectivity index (χ0) is 17.4. The molecule has 1 saturated heterocycles. The van der Waals surface area contributed by atoms with Gasteiger partial charge >= 0.3 is 0 Å². The summed E-state index contributed by atoms with van der Waals surface area (Å²) in [6.07, 6.45) is 0. The van der Waals surface area contributed by atoms with Gasteiger partial charge in [-0.1, -0.05) is 6.07 Å². The minimum absolute atomic E-state index is 0.0441. The van der Waals surface area contributed by atoms with Gasteiger partial charge in [-0.05, 0) is 18.2 Å². The van der Waals surface area contributed by atoms with E-state index in [0.29, 0.717) is 50.7 Å². The van der Waals surface area contributed by atoms with Gasteiger partial charge in [-0.2, -0.15) is 0 Å². The van der Waals surface area contributed by atoms with Crippen molar-refractivity contribution in [3.8, 4) is 5.75 Å². The number of carbonyl (C=O) groups is 2. The van der Waals surface area contributed by atoms with Crippen LogP contribution in [0.25, 0.3) is 0 Å². The normalized spacial score (nSPS) is 14.6. The summed E-state index contributed by atoms with van der Waals surface area (Å²) in [5.41, 5.74) is 0.594. The van der Waals surface area contributed by atoms with Crippen LogP contribution in [0.15, 0.2) is 24.3 Å². The molecule has 1 fully saturated rings. The van der Waals surface area contributed by atoms with Crippen molar-refractivity contribution in [3.05, 3.63) is 29.8 Å². The highest BCUT2D eigenvalue weighted by molar-refractivity contribution is 5.94. The lowest BCUT2D eigenvalue weighted by molar-refractivity contribution is -0.138. The second-order valence-corrected chi connectivity index (χ2v) is 5.45. The number of rotatable bonds is 7. The van der Waals surface area contributed by atoms with Crippen molar-refractivity contribution in [2.24, 2.45) is 0 Å². The number of hydrogen-bond donors (Lipinski definition) is 0. The largest absolute Gasteiger partial charge is 0.497 e. The maximum atomic E-state index is 12.5. The van der Waals surface area contributed by atoms with Crippen LogP contribution in [0.5, 0.6) is 5.75 Å². The van der Waals surface area contributed by atoms with E-state index in [1.807, 2.05) is 0 Å². The van der Waals surface area contributed by atoms with Crippen LogP contribution in [-0.4, -0.2) is 81.8 Å². The van der Waals surface area contributed by atoms with E-state index in [-0.39, 0.29) is 18.4 Å². The summed E-state index contributed by atoms with van der Waals surface area (Å²) >= 11 is 0. The van der Waals surface area contributed by atoms with E-state index in [1.54, 1.807) is 48.3 Å². The van der Waals surface area contributed by atoms with Crippen molar-refractivity contribution in [2.45, 2.75) is 0 Å². The summed E-state index contributed by atoms with van der Waals surface area (Å²) in [7, 11) is 3.16. The quantitative estimate of drug-likeness (QED) is 0.684. The Morgan fingerprint density at radius 3 is 2.42 bits per heavy atom. The first kappa shape index (κ1) is 18.2. The third-order valence-corrected chi connectivity index (χ3v) is 3.89. The number of hydrogen-bond acceptors (Lipinski definition) is 5. The highest BCUT2D eigenvalue weighted by atomic mass is 16.5. The number of amides is 2. The lowest BCUT2D eigenvalue weighted by Gasteiger charge is -2.34. The lowest BCUT2D eigenvalue weighted by atomic mass is 10.1. The number of ether oxygens (including phenoxy) is 3. The van der Waals surface area contributed by atoms with Gasteiger partial charge in [-0.15, -0.1) is 0 Å². The molecule has 0 spiro atoms. The molecule has 0 radical (unpaired) electrons. The molecule has 7 nitrogen and oxygen atoms in total. The van der Waals surface area contributed by atoms with Crippen molar-refractivity contribution in [2.75, 3.05) is 60.2 Å². The van der Waals surface area contributed by atoms with Crippen molar-refractivity contribution in [1.82, 2.24) is 9.80 Å². The average Bonchev–Trinajstić information content (AvgIpc) is 2.64. The summed E-state index contributed by atoms with van der Waals surface area (Å²) in [5.74, 6) is 0.555. The van der Waals surface area contributed by atoms with Gasteiger partial charge in [0, 0.05) is 38.9 Å². The van der Waals surface area contributed by atoms with Crippen LogP contribution in [0.1, 0.15) is 10.4 Å². The fourth-order valence-corrected chi connectivity index (χ4v) is 2.49. The molecule has 1 heterocycles. The van der Waals surface area contributed by atoms with Gasteiger partial charge in [-0.3, -0.25) is 9.59 Å². The van der Waals surface area contributed by atoms with Crippen LogP contribution in [0.4, 0.5) is 0 Å². The topological polar surface area (TPSA) is 68.3 Å². The minimum Gasteiger partial charge on any atom is -0.497 e. The van der Waals surface area contributed by atoms with E-state index in [2.05, 4.69) is 0 Å². The van der Waals surface area contributed by atoms with E-state index in [4.69, 9.17) is 14.2 Å². The molecule has 1 aliphatic rings. The lowest BCUT2D eigenvalue weighted by Crippen LogP contribution is -2.51. The Hall–Kier alpha value is -2.12. The Labute approximate surface area is 142 Å².